The average molecular weight is 313 g/mol. The number of rotatable bonds is 5. The zero-order valence-corrected chi connectivity index (χ0v) is 13.2. The van der Waals surface area contributed by atoms with Gasteiger partial charge in [-0.15, -0.1) is 0 Å². The van der Waals surface area contributed by atoms with E-state index in [0.717, 1.165) is 29.7 Å². The Morgan fingerprint density at radius 2 is 2.22 bits per heavy atom. The third-order valence-corrected chi connectivity index (χ3v) is 4.22. The quantitative estimate of drug-likeness (QED) is 0.378. The Morgan fingerprint density at radius 3 is 2.96 bits per heavy atom. The number of aryl methyl sites for hydroxylation is 1. The second-order valence-electron chi connectivity index (χ2n) is 5.74. The minimum Gasteiger partial charge on any atom is -0.870 e. The molecule has 3 N–H and O–H groups in total. The van der Waals surface area contributed by atoms with Crippen LogP contribution in [-0.2, 0) is 20.7 Å². The van der Waals surface area contributed by atoms with E-state index in [1.807, 2.05) is 12.1 Å². The van der Waals surface area contributed by atoms with Crippen LogP contribution in [0.25, 0.3) is 0 Å². The second kappa shape index (κ2) is 8.62. The van der Waals surface area contributed by atoms with Gasteiger partial charge in [-0.3, -0.25) is 9.59 Å². The molecule has 6 nitrogen and oxygen atoms in total. The molecule has 7 heteroatoms. The number of nitrogens with one attached hydrogen (secondary N) is 1. The average Bonchev–Trinajstić information content (AvgIpc) is 2.51. The van der Waals surface area contributed by atoms with E-state index in [4.69, 9.17) is 4.74 Å². The van der Waals surface area contributed by atoms with Gasteiger partial charge in [0.1, 0.15) is 0 Å². The summed E-state index contributed by atoms with van der Waals surface area (Å²) in [5.74, 6) is -0.345. The Morgan fingerprint density at radius 1 is 1.43 bits per heavy atom. The number of anilines is 1. The standard InChI is InChI=1S/C16H19NO4.Li.H2O/c18-8-11(19)3-1-2-10-4-5-13-12(6-10)16-7-14(17-13)15(20)9-21-16;;/h4-6,8,14-17,20H,1-3,7,9H2;;1H2/q;+1;/p-1/t14-,15-,16-;;/m1../s1. The van der Waals surface area contributed by atoms with E-state index in [1.165, 1.54) is 0 Å². The number of fused-ring (bicyclic) bond motifs is 4. The predicted octanol–water partition coefficient (Wildman–Crippen LogP) is -1.78. The van der Waals surface area contributed by atoms with E-state index in [9.17, 15) is 14.7 Å². The van der Waals surface area contributed by atoms with Gasteiger partial charge in [0, 0.05) is 24.1 Å². The van der Waals surface area contributed by atoms with E-state index in [1.54, 1.807) is 0 Å². The zero-order chi connectivity index (χ0) is 14.8. The molecule has 0 radical (unpaired) electrons. The number of carbonyl (C=O) groups excluding carboxylic acids is 2. The Bertz CT molecular complexity index is 565. The third kappa shape index (κ3) is 4.43. The minimum atomic E-state index is -0.455. The maximum atomic E-state index is 11.0. The number of aliphatic hydroxyl groups is 1. The molecule has 1 saturated heterocycles. The van der Waals surface area contributed by atoms with Crippen LogP contribution in [0.4, 0.5) is 5.69 Å². The van der Waals surface area contributed by atoms with Crippen LogP contribution in [-0.4, -0.2) is 41.4 Å². The molecule has 1 fully saturated rings. The van der Waals surface area contributed by atoms with Gasteiger partial charge in [0.15, 0.2) is 12.1 Å². The van der Waals surface area contributed by atoms with Crippen molar-refractivity contribution in [1.29, 1.82) is 0 Å². The van der Waals surface area contributed by atoms with Crippen LogP contribution in [0.3, 0.4) is 0 Å². The number of hydrogen-bond acceptors (Lipinski definition) is 6. The Balaban J connectivity index is 0.00000132. The van der Waals surface area contributed by atoms with Gasteiger partial charge in [-0.1, -0.05) is 12.1 Å². The number of ketones is 1. The molecular formula is C16H20LiNO5. The third-order valence-electron chi connectivity index (χ3n) is 4.22. The van der Waals surface area contributed by atoms with Crippen molar-refractivity contribution in [3.05, 3.63) is 29.3 Å². The smallest absolute Gasteiger partial charge is 0.870 e. The maximum absolute atomic E-state index is 11.0. The second-order valence-corrected chi connectivity index (χ2v) is 5.74. The zero-order valence-electron chi connectivity index (χ0n) is 13.2. The molecular weight excluding hydrogens is 293 g/mol. The largest absolute Gasteiger partial charge is 1.00 e. The summed E-state index contributed by atoms with van der Waals surface area (Å²) in [6, 6.07) is 6.19. The van der Waals surface area contributed by atoms with Crippen LogP contribution in [0.1, 0.15) is 36.5 Å². The van der Waals surface area contributed by atoms with Crippen LogP contribution < -0.4 is 24.2 Å². The molecule has 120 valence electrons. The van der Waals surface area contributed by atoms with Crippen LogP contribution in [0.5, 0.6) is 0 Å². The maximum Gasteiger partial charge on any atom is 1.00 e. The number of hydrogen-bond donors (Lipinski definition) is 2. The number of carbonyl (C=O) groups is 2. The summed E-state index contributed by atoms with van der Waals surface area (Å²) in [6.07, 6.45) is 2.49. The molecule has 2 heterocycles. The predicted molar refractivity (Wildman–Crippen MR) is 79.1 cm³/mol. The molecule has 1 aromatic carbocycles. The van der Waals surface area contributed by atoms with Gasteiger partial charge in [-0.25, -0.2) is 0 Å². The molecule has 1 aromatic rings. The minimum absolute atomic E-state index is 0. The monoisotopic (exact) mass is 313 g/mol. The first-order chi connectivity index (χ1) is 10.2. The van der Waals surface area contributed by atoms with E-state index < -0.39 is 6.10 Å². The van der Waals surface area contributed by atoms with Crippen molar-refractivity contribution in [2.24, 2.45) is 0 Å². The van der Waals surface area contributed by atoms with E-state index in [-0.39, 0.29) is 42.3 Å². The first-order valence-electron chi connectivity index (χ1n) is 7.34. The number of aldehydes is 1. The summed E-state index contributed by atoms with van der Waals surface area (Å²) in [5, 5.41) is 13.2. The van der Waals surface area contributed by atoms with E-state index in [2.05, 4.69) is 11.4 Å². The van der Waals surface area contributed by atoms with E-state index in [0.29, 0.717) is 25.7 Å². The molecule has 2 bridgehead atoms. The molecule has 0 saturated carbocycles. The number of ether oxygens (including phenoxy) is 1. The summed E-state index contributed by atoms with van der Waals surface area (Å²) < 4.78 is 5.71. The molecule has 0 spiro atoms. The van der Waals surface area contributed by atoms with Crippen LogP contribution in [0.15, 0.2) is 18.2 Å². The van der Waals surface area contributed by atoms with Crippen molar-refractivity contribution in [2.75, 3.05) is 11.9 Å². The van der Waals surface area contributed by atoms with Crippen molar-refractivity contribution in [1.82, 2.24) is 0 Å². The molecule has 0 amide bonds. The van der Waals surface area contributed by atoms with Gasteiger partial charge in [0.25, 0.3) is 0 Å². The van der Waals surface area contributed by atoms with Crippen molar-refractivity contribution in [3.63, 3.8) is 0 Å². The van der Waals surface area contributed by atoms with Gasteiger partial charge < -0.3 is 20.6 Å². The SMILES string of the molecule is O=CC(=O)CCCc1ccc2c(c1)[C@H]1C[C@@H](N2)[C@H](O)CO1.[Li+].[OH-]. The molecule has 23 heavy (non-hydrogen) atoms. The normalized spacial score (nSPS) is 24.3. The Kier molecular flexibility index (Phi) is 7.45. The van der Waals surface area contributed by atoms with Crippen LogP contribution in [0, 0.1) is 0 Å². The van der Waals surface area contributed by atoms with Gasteiger partial charge in [-0.2, -0.15) is 0 Å². The topological polar surface area (TPSA) is 106 Å². The summed E-state index contributed by atoms with van der Waals surface area (Å²) in [4.78, 5) is 21.3. The first kappa shape index (κ1) is 19.9. The van der Waals surface area contributed by atoms with Crippen molar-refractivity contribution >= 4 is 17.8 Å². The number of aliphatic hydroxyl groups excluding tert-OH is 1. The molecule has 2 aliphatic rings. The number of benzene rings is 1. The molecule has 0 aromatic heterocycles. The summed E-state index contributed by atoms with van der Waals surface area (Å²) in [7, 11) is 0. The molecule has 0 unspecified atom stereocenters. The van der Waals surface area contributed by atoms with Crippen molar-refractivity contribution in [3.8, 4) is 0 Å². The van der Waals surface area contributed by atoms with Crippen LogP contribution >= 0.6 is 0 Å². The molecule has 0 aliphatic carbocycles. The summed E-state index contributed by atoms with van der Waals surface area (Å²) in [5.41, 5.74) is 3.28. The Labute approximate surface area is 147 Å². The van der Waals surface area contributed by atoms with Gasteiger partial charge in [0.05, 0.1) is 24.9 Å². The van der Waals surface area contributed by atoms with Gasteiger partial charge >= 0.3 is 18.9 Å². The van der Waals surface area contributed by atoms with Gasteiger partial charge in [-0.05, 0) is 24.5 Å². The van der Waals surface area contributed by atoms with E-state index >= 15 is 0 Å². The van der Waals surface area contributed by atoms with Gasteiger partial charge in [0.2, 0.25) is 0 Å². The van der Waals surface area contributed by atoms with Crippen molar-refractivity contribution < 1.29 is 43.8 Å². The molecule has 3 rings (SSSR count). The molecule has 2 aliphatic heterocycles. The van der Waals surface area contributed by atoms with Crippen LogP contribution in [0.2, 0.25) is 0 Å². The van der Waals surface area contributed by atoms with Crippen molar-refractivity contribution in [2.45, 2.75) is 43.9 Å². The Hall–Kier alpha value is -1.16. The fourth-order valence-corrected chi connectivity index (χ4v) is 3.05. The summed E-state index contributed by atoms with van der Waals surface area (Å²) >= 11 is 0. The number of Topliss-reactive ketones (excluding diaryl/α,β-unsaturated/α-hetero) is 1. The first-order valence-corrected chi connectivity index (χ1v) is 7.34. The summed E-state index contributed by atoms with van der Waals surface area (Å²) in [6.45, 7) is 0.361. The fraction of sp³-hybridized carbons (Fsp3) is 0.500. The fourth-order valence-electron chi connectivity index (χ4n) is 3.05. The molecule has 3 atom stereocenters.